The average Bonchev–Trinajstić information content (AvgIpc) is 2.73. The summed E-state index contributed by atoms with van der Waals surface area (Å²) in [6.07, 6.45) is 3.34. The number of nitro benzene ring substituents is 1. The van der Waals surface area contributed by atoms with Gasteiger partial charge in [-0.15, -0.1) is 0 Å². The lowest BCUT2D eigenvalue weighted by atomic mass is 10.1. The molecule has 1 saturated heterocycles. The number of hydrogen-bond acceptors (Lipinski definition) is 4. The summed E-state index contributed by atoms with van der Waals surface area (Å²) in [6, 6.07) is 5.73. The number of rotatable bonds is 4. The van der Waals surface area contributed by atoms with E-state index in [1.807, 2.05) is 6.07 Å². The topological polar surface area (TPSA) is 72.4 Å². The van der Waals surface area contributed by atoms with Crippen molar-refractivity contribution in [1.82, 2.24) is 4.90 Å². The second-order valence-corrected chi connectivity index (χ2v) is 4.93. The molecule has 2 N–H and O–H groups in total. The second-order valence-electron chi connectivity index (χ2n) is 4.93. The Morgan fingerprint density at radius 3 is 2.94 bits per heavy atom. The fourth-order valence-electron chi connectivity index (χ4n) is 2.50. The van der Waals surface area contributed by atoms with Crippen LogP contribution in [0.3, 0.4) is 0 Å². The van der Waals surface area contributed by atoms with Gasteiger partial charge in [-0.2, -0.15) is 0 Å². The maximum absolute atomic E-state index is 10.8. The van der Waals surface area contributed by atoms with Crippen LogP contribution < -0.4 is 5.73 Å². The fraction of sp³-hybridized carbons (Fsp3) is 0.538. The van der Waals surface area contributed by atoms with E-state index in [1.54, 1.807) is 12.1 Å². The molecule has 18 heavy (non-hydrogen) atoms. The largest absolute Gasteiger partial charge is 0.393 e. The van der Waals surface area contributed by atoms with Gasteiger partial charge in [-0.3, -0.25) is 10.1 Å². The Morgan fingerprint density at radius 1 is 1.56 bits per heavy atom. The zero-order chi connectivity index (χ0) is 13.1. The van der Waals surface area contributed by atoms with Gasteiger partial charge in [0.1, 0.15) is 5.69 Å². The summed E-state index contributed by atoms with van der Waals surface area (Å²) in [6.45, 7) is 4.33. The standard InChI is InChI=1S/C13H19N3O2/c1-10-3-2-7-15(10)8-6-11-4-5-12(14)13(9-11)16(17)18/h4-5,9-10H,2-3,6-8,14H2,1H3/t10-/m1/s1. The van der Waals surface area contributed by atoms with Gasteiger partial charge in [0, 0.05) is 18.7 Å². The highest BCUT2D eigenvalue weighted by atomic mass is 16.6. The van der Waals surface area contributed by atoms with E-state index < -0.39 is 4.92 Å². The van der Waals surface area contributed by atoms with Gasteiger partial charge in [0.05, 0.1) is 4.92 Å². The summed E-state index contributed by atoms with van der Waals surface area (Å²) in [5.41, 5.74) is 6.81. The predicted molar refractivity (Wildman–Crippen MR) is 71.5 cm³/mol. The Bertz CT molecular complexity index is 448. The smallest absolute Gasteiger partial charge is 0.292 e. The first-order chi connectivity index (χ1) is 8.58. The van der Waals surface area contributed by atoms with Crippen molar-refractivity contribution < 1.29 is 4.92 Å². The number of anilines is 1. The minimum absolute atomic E-state index is 0.0157. The highest BCUT2D eigenvalue weighted by Crippen LogP contribution is 2.23. The van der Waals surface area contributed by atoms with E-state index in [4.69, 9.17) is 5.73 Å². The summed E-state index contributed by atoms with van der Waals surface area (Å²) in [7, 11) is 0. The molecule has 1 aromatic rings. The lowest BCUT2D eigenvalue weighted by Gasteiger charge is -2.20. The number of likely N-dealkylation sites (tertiary alicyclic amines) is 1. The summed E-state index contributed by atoms with van der Waals surface area (Å²) < 4.78 is 0. The number of nitrogen functional groups attached to an aromatic ring is 1. The van der Waals surface area contributed by atoms with Gasteiger partial charge in [0.15, 0.2) is 0 Å². The molecular weight excluding hydrogens is 230 g/mol. The number of nitrogens with two attached hydrogens (primary N) is 1. The van der Waals surface area contributed by atoms with Crippen molar-refractivity contribution >= 4 is 11.4 Å². The first kappa shape index (κ1) is 12.8. The van der Waals surface area contributed by atoms with Gasteiger partial charge in [0.2, 0.25) is 0 Å². The summed E-state index contributed by atoms with van der Waals surface area (Å²) in [5, 5.41) is 10.8. The maximum Gasteiger partial charge on any atom is 0.292 e. The van der Waals surface area contributed by atoms with Crippen LogP contribution in [0.2, 0.25) is 0 Å². The fourth-order valence-corrected chi connectivity index (χ4v) is 2.50. The minimum atomic E-state index is -0.419. The van der Waals surface area contributed by atoms with Crippen LogP contribution in [0.4, 0.5) is 11.4 Å². The molecule has 0 unspecified atom stereocenters. The van der Waals surface area contributed by atoms with Crippen molar-refractivity contribution in [3.63, 3.8) is 0 Å². The number of hydrogen-bond donors (Lipinski definition) is 1. The molecule has 98 valence electrons. The Kier molecular flexibility index (Phi) is 3.81. The lowest BCUT2D eigenvalue weighted by molar-refractivity contribution is -0.384. The first-order valence-electron chi connectivity index (χ1n) is 6.35. The molecule has 5 heteroatoms. The predicted octanol–water partition coefficient (Wildman–Crippen LogP) is 2.20. The third kappa shape index (κ3) is 2.79. The number of nitro groups is 1. The van der Waals surface area contributed by atoms with E-state index in [0.717, 1.165) is 25.1 Å². The van der Waals surface area contributed by atoms with Gasteiger partial charge in [-0.05, 0) is 44.4 Å². The normalized spacial score (nSPS) is 20.2. The van der Waals surface area contributed by atoms with E-state index in [-0.39, 0.29) is 11.4 Å². The van der Waals surface area contributed by atoms with Crippen molar-refractivity contribution in [1.29, 1.82) is 0 Å². The molecule has 0 aliphatic carbocycles. The maximum atomic E-state index is 10.8. The van der Waals surface area contributed by atoms with Crippen molar-refractivity contribution in [2.75, 3.05) is 18.8 Å². The minimum Gasteiger partial charge on any atom is -0.393 e. The number of nitrogens with zero attached hydrogens (tertiary/aromatic N) is 2. The van der Waals surface area contributed by atoms with Crippen molar-refractivity contribution in [2.24, 2.45) is 0 Å². The van der Waals surface area contributed by atoms with Crippen LogP contribution >= 0.6 is 0 Å². The Labute approximate surface area is 107 Å². The first-order valence-corrected chi connectivity index (χ1v) is 6.35. The Morgan fingerprint density at radius 2 is 2.33 bits per heavy atom. The quantitative estimate of drug-likeness (QED) is 0.504. The summed E-state index contributed by atoms with van der Waals surface area (Å²) >= 11 is 0. The van der Waals surface area contributed by atoms with Crippen LogP contribution in [0, 0.1) is 10.1 Å². The molecular formula is C13H19N3O2. The van der Waals surface area contributed by atoms with Crippen molar-refractivity contribution in [3.8, 4) is 0 Å². The molecule has 2 rings (SSSR count). The average molecular weight is 249 g/mol. The molecule has 0 spiro atoms. The zero-order valence-electron chi connectivity index (χ0n) is 10.6. The van der Waals surface area contributed by atoms with E-state index in [1.165, 1.54) is 12.8 Å². The molecule has 1 aromatic carbocycles. The highest BCUT2D eigenvalue weighted by Gasteiger charge is 2.20. The third-order valence-electron chi connectivity index (χ3n) is 3.67. The third-order valence-corrected chi connectivity index (χ3v) is 3.67. The molecule has 1 atom stereocenters. The summed E-state index contributed by atoms with van der Waals surface area (Å²) in [5.74, 6) is 0. The van der Waals surface area contributed by atoms with E-state index in [2.05, 4.69) is 11.8 Å². The van der Waals surface area contributed by atoms with Crippen molar-refractivity contribution in [2.45, 2.75) is 32.2 Å². The molecule has 0 radical (unpaired) electrons. The molecule has 0 amide bonds. The van der Waals surface area contributed by atoms with Gasteiger partial charge in [0.25, 0.3) is 5.69 Å². The summed E-state index contributed by atoms with van der Waals surface area (Å²) in [4.78, 5) is 12.8. The highest BCUT2D eigenvalue weighted by molar-refractivity contribution is 5.59. The van der Waals surface area contributed by atoms with Crippen LogP contribution in [0.5, 0.6) is 0 Å². The van der Waals surface area contributed by atoms with Gasteiger partial charge in [-0.25, -0.2) is 0 Å². The molecule has 1 heterocycles. The molecule has 0 aromatic heterocycles. The molecule has 1 fully saturated rings. The molecule has 5 nitrogen and oxygen atoms in total. The van der Waals surface area contributed by atoms with Crippen molar-refractivity contribution in [3.05, 3.63) is 33.9 Å². The van der Waals surface area contributed by atoms with E-state index in [0.29, 0.717) is 6.04 Å². The SMILES string of the molecule is C[C@@H]1CCCN1CCc1ccc(N)c([N+](=O)[O-])c1. The molecule has 1 aliphatic rings. The van der Waals surface area contributed by atoms with Gasteiger partial charge in [-0.1, -0.05) is 6.07 Å². The zero-order valence-corrected chi connectivity index (χ0v) is 10.6. The van der Waals surface area contributed by atoms with Crippen LogP contribution in [-0.4, -0.2) is 29.0 Å². The van der Waals surface area contributed by atoms with Gasteiger partial charge >= 0.3 is 0 Å². The molecule has 1 aliphatic heterocycles. The van der Waals surface area contributed by atoms with Crippen LogP contribution in [0.25, 0.3) is 0 Å². The molecule has 0 saturated carbocycles. The van der Waals surface area contributed by atoms with Crippen LogP contribution in [0.15, 0.2) is 18.2 Å². The van der Waals surface area contributed by atoms with Crippen LogP contribution in [-0.2, 0) is 6.42 Å². The Balaban J connectivity index is 2.01. The second kappa shape index (κ2) is 5.35. The number of benzene rings is 1. The van der Waals surface area contributed by atoms with E-state index in [9.17, 15) is 10.1 Å². The van der Waals surface area contributed by atoms with Gasteiger partial charge < -0.3 is 10.6 Å². The van der Waals surface area contributed by atoms with E-state index >= 15 is 0 Å². The Hall–Kier alpha value is -1.62. The monoisotopic (exact) mass is 249 g/mol. The van der Waals surface area contributed by atoms with Crippen LogP contribution in [0.1, 0.15) is 25.3 Å². The lowest BCUT2D eigenvalue weighted by Crippen LogP contribution is -2.28. The molecule has 0 bridgehead atoms.